The number of fused-ring (bicyclic) bond motifs is 1. The summed E-state index contributed by atoms with van der Waals surface area (Å²) in [5.41, 5.74) is 6.00. The van der Waals surface area contributed by atoms with E-state index in [1.54, 1.807) is 11.3 Å². The topological polar surface area (TPSA) is 93.1 Å². The van der Waals surface area contributed by atoms with Gasteiger partial charge in [-0.3, -0.25) is 9.59 Å². The summed E-state index contributed by atoms with van der Waals surface area (Å²) in [6.45, 7) is 9.97. The molecule has 2 aliphatic carbocycles. The van der Waals surface area contributed by atoms with Crippen LogP contribution in [-0.2, 0) is 19.2 Å². The molecule has 200 valence electrons. The van der Waals surface area contributed by atoms with Crippen LogP contribution in [0.4, 0.5) is 0 Å². The molecule has 8 nitrogen and oxygen atoms in total. The van der Waals surface area contributed by atoms with Crippen molar-refractivity contribution in [2.45, 2.75) is 71.6 Å². The molecule has 2 aliphatic heterocycles. The van der Waals surface area contributed by atoms with E-state index in [2.05, 4.69) is 60.2 Å². The van der Waals surface area contributed by atoms with E-state index in [0.717, 1.165) is 31.6 Å². The van der Waals surface area contributed by atoms with Crippen molar-refractivity contribution in [3.05, 3.63) is 33.8 Å². The number of nitrogens with zero attached hydrogens (tertiary/aromatic N) is 3. The predicted molar refractivity (Wildman–Crippen MR) is 144 cm³/mol. The normalized spacial score (nSPS) is 28.1. The molecule has 1 aromatic heterocycles. The summed E-state index contributed by atoms with van der Waals surface area (Å²) in [4.78, 5) is 37.8. The molecule has 1 saturated heterocycles. The lowest BCUT2D eigenvalue weighted by Crippen LogP contribution is -2.49. The van der Waals surface area contributed by atoms with Crippen molar-refractivity contribution in [2.24, 2.45) is 28.8 Å². The minimum atomic E-state index is -0.357. The average Bonchev–Trinajstić information content (AvgIpc) is 3.18. The molecule has 5 rings (SSSR count). The number of rotatable bonds is 10. The Hall–Kier alpha value is -2.52. The molecule has 3 heterocycles. The molecule has 0 spiro atoms. The average molecular weight is 527 g/mol. The van der Waals surface area contributed by atoms with Crippen molar-refractivity contribution in [3.63, 3.8) is 0 Å². The number of carbonyl (C=O) groups excluding carboxylic acids is 2. The Morgan fingerprint density at radius 2 is 2.16 bits per heavy atom. The molecule has 0 bridgehead atoms. The van der Waals surface area contributed by atoms with Crippen LogP contribution in [0, 0.1) is 30.6 Å². The molecule has 9 heteroatoms. The second-order valence-corrected chi connectivity index (χ2v) is 11.9. The first-order valence-electron chi connectivity index (χ1n) is 13.5. The molecular weight excluding hydrogens is 488 g/mol. The van der Waals surface area contributed by atoms with Gasteiger partial charge in [0.1, 0.15) is 12.7 Å². The molecule has 3 unspecified atom stereocenters. The van der Waals surface area contributed by atoms with Gasteiger partial charge in [0.25, 0.3) is 0 Å². The zero-order chi connectivity index (χ0) is 26.1. The van der Waals surface area contributed by atoms with E-state index in [0.29, 0.717) is 30.4 Å². The number of aldehydes is 1. The van der Waals surface area contributed by atoms with Gasteiger partial charge < -0.3 is 19.8 Å². The highest BCUT2D eigenvalue weighted by atomic mass is 32.1. The third-order valence-corrected chi connectivity index (χ3v) is 9.27. The summed E-state index contributed by atoms with van der Waals surface area (Å²) in [5.74, 6) is 1.57. The number of aryl methyl sites for hydroxylation is 1. The van der Waals surface area contributed by atoms with E-state index in [1.807, 2.05) is 5.51 Å². The number of nitrogens with one attached hydrogen (secondary N) is 1. The summed E-state index contributed by atoms with van der Waals surface area (Å²) in [5, 5.41) is 7.73. The Bertz CT molecular complexity index is 1110. The largest absolute Gasteiger partial charge is 0.471 e. The van der Waals surface area contributed by atoms with Gasteiger partial charge in [-0.25, -0.2) is 4.98 Å². The van der Waals surface area contributed by atoms with Gasteiger partial charge in [-0.1, -0.05) is 31.2 Å². The van der Waals surface area contributed by atoms with Crippen LogP contribution in [0.1, 0.15) is 57.0 Å². The molecule has 6 atom stereocenters. The third kappa shape index (κ3) is 5.39. The number of allylic oxidation sites excluding steroid dienone is 3. The summed E-state index contributed by atoms with van der Waals surface area (Å²) < 4.78 is 5.32. The standard InChI is InChI=1S/C28H38N4O4S/c1-16(2)26(24-13-25(31-36-24)35-11-10-33)28(34)32-9-5-6-19(32)14-29-17(3)20-7-8-21(23-12-22(20)23)27-18(4)30-15-37-27/h7-8,10,15-17,19,22-24,26,29H,5-6,9,11-14H2,1-4H3/t17-,19-,22?,23?,24?,26+/m0/s1. The van der Waals surface area contributed by atoms with Crippen molar-refractivity contribution in [3.8, 4) is 0 Å². The molecule has 1 N–H and O–H groups in total. The van der Waals surface area contributed by atoms with Crippen molar-refractivity contribution < 1.29 is 19.2 Å². The van der Waals surface area contributed by atoms with E-state index in [1.165, 1.54) is 22.4 Å². The summed E-state index contributed by atoms with van der Waals surface area (Å²) >= 11 is 1.74. The number of carbonyl (C=O) groups is 2. The van der Waals surface area contributed by atoms with Crippen LogP contribution < -0.4 is 5.32 Å². The van der Waals surface area contributed by atoms with Gasteiger partial charge in [-0.05, 0) is 62.0 Å². The number of hydrogen-bond acceptors (Lipinski definition) is 8. The van der Waals surface area contributed by atoms with Gasteiger partial charge in [0.05, 0.1) is 28.4 Å². The molecule has 37 heavy (non-hydrogen) atoms. The van der Waals surface area contributed by atoms with E-state index < -0.39 is 0 Å². The molecule has 4 aliphatic rings. The number of oxime groups is 1. The number of amides is 1. The van der Waals surface area contributed by atoms with Crippen LogP contribution in [0.3, 0.4) is 0 Å². The monoisotopic (exact) mass is 526 g/mol. The maximum absolute atomic E-state index is 13.7. The van der Waals surface area contributed by atoms with Crippen molar-refractivity contribution in [1.82, 2.24) is 15.2 Å². The summed E-state index contributed by atoms with van der Waals surface area (Å²) in [6.07, 6.45) is 8.60. The fourth-order valence-corrected chi connectivity index (χ4v) is 7.14. The first-order valence-corrected chi connectivity index (χ1v) is 14.4. The van der Waals surface area contributed by atoms with E-state index in [-0.39, 0.29) is 42.5 Å². The number of likely N-dealkylation sites (tertiary alicyclic amines) is 1. The second-order valence-electron chi connectivity index (χ2n) is 11.0. The van der Waals surface area contributed by atoms with Gasteiger partial charge in [-0.15, -0.1) is 11.3 Å². The molecule has 0 aromatic carbocycles. The van der Waals surface area contributed by atoms with Gasteiger partial charge in [0, 0.05) is 25.2 Å². The Morgan fingerprint density at radius 3 is 2.89 bits per heavy atom. The van der Waals surface area contributed by atoms with Crippen LogP contribution >= 0.6 is 11.3 Å². The third-order valence-electron chi connectivity index (χ3n) is 8.29. The number of ether oxygens (including phenoxy) is 1. The van der Waals surface area contributed by atoms with Gasteiger partial charge in [0.15, 0.2) is 6.29 Å². The molecule has 1 saturated carbocycles. The van der Waals surface area contributed by atoms with Gasteiger partial charge in [0.2, 0.25) is 11.8 Å². The minimum Gasteiger partial charge on any atom is -0.471 e. The summed E-state index contributed by atoms with van der Waals surface area (Å²) in [7, 11) is 0. The molecule has 0 radical (unpaired) electrons. The SMILES string of the molecule is Cc1ncsc1C1=CC=C([C@H](C)NC[C@@H]2CCCN2C(=O)[C@H](C(C)C)C2CC(OCC=O)=NO2)C2CC12. The first-order chi connectivity index (χ1) is 17.9. The fourth-order valence-electron chi connectivity index (χ4n) is 6.24. The van der Waals surface area contributed by atoms with Gasteiger partial charge >= 0.3 is 0 Å². The number of thiazole rings is 1. The van der Waals surface area contributed by atoms with E-state index >= 15 is 0 Å². The summed E-state index contributed by atoms with van der Waals surface area (Å²) in [6, 6.07) is 0.451. The fraction of sp³-hybridized carbons (Fsp3) is 0.643. The second kappa shape index (κ2) is 11.1. The molecule has 2 fully saturated rings. The van der Waals surface area contributed by atoms with Crippen LogP contribution in [0.2, 0.25) is 0 Å². The Balaban J connectivity index is 1.19. The quantitative estimate of drug-likeness (QED) is 0.464. The van der Waals surface area contributed by atoms with E-state index in [4.69, 9.17) is 9.57 Å². The van der Waals surface area contributed by atoms with Crippen molar-refractivity contribution in [2.75, 3.05) is 19.7 Å². The molecule has 1 amide bonds. The lowest BCUT2D eigenvalue weighted by molar-refractivity contribution is -0.143. The molecular formula is C28H38N4O4S. The predicted octanol–water partition coefficient (Wildman–Crippen LogP) is 3.97. The number of aromatic nitrogens is 1. The zero-order valence-electron chi connectivity index (χ0n) is 22.2. The van der Waals surface area contributed by atoms with Crippen LogP contribution in [0.5, 0.6) is 0 Å². The highest BCUT2D eigenvalue weighted by molar-refractivity contribution is 7.11. The first kappa shape index (κ1) is 26.1. The van der Waals surface area contributed by atoms with Gasteiger partial charge in [-0.2, -0.15) is 0 Å². The van der Waals surface area contributed by atoms with Crippen molar-refractivity contribution >= 4 is 35.0 Å². The number of hydrogen-bond donors (Lipinski definition) is 1. The Labute approximate surface area is 223 Å². The van der Waals surface area contributed by atoms with Crippen LogP contribution in [-0.4, -0.2) is 65.9 Å². The van der Waals surface area contributed by atoms with Crippen molar-refractivity contribution in [1.29, 1.82) is 0 Å². The van der Waals surface area contributed by atoms with Crippen LogP contribution in [0.25, 0.3) is 5.57 Å². The van der Waals surface area contributed by atoms with Crippen LogP contribution in [0.15, 0.2) is 28.4 Å². The minimum absolute atomic E-state index is 0.0483. The lowest BCUT2D eigenvalue weighted by atomic mass is 9.87. The zero-order valence-corrected chi connectivity index (χ0v) is 23.0. The Kier molecular flexibility index (Phi) is 7.81. The van der Waals surface area contributed by atoms with E-state index in [9.17, 15) is 9.59 Å². The highest BCUT2D eigenvalue weighted by Crippen LogP contribution is 2.56. The maximum atomic E-state index is 13.7. The maximum Gasteiger partial charge on any atom is 0.230 e. The highest BCUT2D eigenvalue weighted by Gasteiger charge is 2.46. The Morgan fingerprint density at radius 1 is 1.32 bits per heavy atom. The molecule has 1 aromatic rings. The lowest BCUT2D eigenvalue weighted by Gasteiger charge is -2.33. The smallest absolute Gasteiger partial charge is 0.230 e.